The fourth-order valence-electron chi connectivity index (χ4n) is 1.57. The largest absolute Gasteiger partial charge is 0.486 e. The summed E-state index contributed by atoms with van der Waals surface area (Å²) in [6.45, 7) is -0.232. The van der Waals surface area contributed by atoms with Crippen molar-refractivity contribution in [1.82, 2.24) is 0 Å². The Morgan fingerprint density at radius 3 is 2.50 bits per heavy atom. The van der Waals surface area contributed by atoms with E-state index in [1.54, 1.807) is 0 Å². The lowest BCUT2D eigenvalue weighted by Crippen LogP contribution is -2.10. The van der Waals surface area contributed by atoms with Gasteiger partial charge in [0.1, 0.15) is 17.4 Å². The van der Waals surface area contributed by atoms with E-state index in [-0.39, 0.29) is 22.9 Å². The summed E-state index contributed by atoms with van der Waals surface area (Å²) in [4.78, 5) is 0.0764. The molecular formula is C14H10F3NOS. The van der Waals surface area contributed by atoms with Crippen molar-refractivity contribution < 1.29 is 17.9 Å². The summed E-state index contributed by atoms with van der Waals surface area (Å²) in [6.07, 6.45) is 0. The summed E-state index contributed by atoms with van der Waals surface area (Å²) in [5.41, 5.74) is 5.95. The predicted molar refractivity (Wildman–Crippen MR) is 73.0 cm³/mol. The van der Waals surface area contributed by atoms with Crippen molar-refractivity contribution in [1.29, 1.82) is 0 Å². The number of ether oxygens (including phenoxy) is 1. The van der Waals surface area contributed by atoms with Crippen molar-refractivity contribution in [2.75, 3.05) is 0 Å². The minimum absolute atomic E-state index is 0.0764. The van der Waals surface area contributed by atoms with Crippen LogP contribution in [0.2, 0.25) is 0 Å². The van der Waals surface area contributed by atoms with Crippen molar-refractivity contribution in [2.24, 2.45) is 5.73 Å². The zero-order valence-electron chi connectivity index (χ0n) is 10.2. The second-order valence-electron chi connectivity index (χ2n) is 4.01. The van der Waals surface area contributed by atoms with Gasteiger partial charge in [-0.25, -0.2) is 8.78 Å². The molecule has 2 rings (SSSR count). The van der Waals surface area contributed by atoms with Crippen molar-refractivity contribution in [3.8, 4) is 5.75 Å². The summed E-state index contributed by atoms with van der Waals surface area (Å²) in [5, 5.41) is 0. The molecule has 2 aromatic rings. The molecule has 0 aliphatic carbocycles. The van der Waals surface area contributed by atoms with Gasteiger partial charge in [-0.1, -0.05) is 30.4 Å². The fourth-order valence-corrected chi connectivity index (χ4v) is 1.70. The van der Waals surface area contributed by atoms with Gasteiger partial charge in [0.15, 0.2) is 11.6 Å². The summed E-state index contributed by atoms with van der Waals surface area (Å²) < 4.78 is 45.1. The van der Waals surface area contributed by atoms with Gasteiger partial charge in [0, 0.05) is 11.1 Å². The lowest BCUT2D eigenvalue weighted by Gasteiger charge is -2.09. The molecule has 6 heteroatoms. The number of halogens is 3. The maximum Gasteiger partial charge on any atom is 0.200 e. The SMILES string of the molecule is NC(=S)c1ccc(COc2cccc(F)c2F)c(F)c1. The van der Waals surface area contributed by atoms with Crippen LogP contribution in [-0.2, 0) is 6.61 Å². The first-order chi connectivity index (χ1) is 9.49. The van der Waals surface area contributed by atoms with Crippen molar-refractivity contribution in [2.45, 2.75) is 6.61 Å². The molecule has 0 atom stereocenters. The number of benzene rings is 2. The van der Waals surface area contributed by atoms with Crippen LogP contribution in [0.5, 0.6) is 5.75 Å². The number of thiocarbonyl (C=S) groups is 1. The molecule has 0 amide bonds. The molecule has 0 aromatic heterocycles. The highest BCUT2D eigenvalue weighted by molar-refractivity contribution is 7.80. The van der Waals surface area contributed by atoms with Gasteiger partial charge in [-0.3, -0.25) is 0 Å². The lowest BCUT2D eigenvalue weighted by molar-refractivity contribution is 0.279. The average Bonchev–Trinajstić information content (AvgIpc) is 2.41. The van der Waals surface area contributed by atoms with E-state index in [2.05, 4.69) is 0 Å². The molecular weight excluding hydrogens is 287 g/mol. The summed E-state index contributed by atoms with van der Waals surface area (Å²) >= 11 is 4.73. The Labute approximate surface area is 119 Å². The smallest absolute Gasteiger partial charge is 0.200 e. The van der Waals surface area contributed by atoms with Crippen molar-refractivity contribution in [3.05, 3.63) is 65.0 Å². The number of rotatable bonds is 4. The third kappa shape index (κ3) is 3.08. The van der Waals surface area contributed by atoms with Gasteiger partial charge >= 0.3 is 0 Å². The molecule has 2 nitrogen and oxygen atoms in total. The molecule has 20 heavy (non-hydrogen) atoms. The Hall–Kier alpha value is -2.08. The Bertz CT molecular complexity index is 661. The van der Waals surface area contributed by atoms with E-state index in [1.165, 1.54) is 30.3 Å². The second-order valence-corrected chi connectivity index (χ2v) is 4.45. The first-order valence-corrected chi connectivity index (χ1v) is 6.05. The van der Waals surface area contributed by atoms with Crippen LogP contribution in [0.4, 0.5) is 13.2 Å². The molecule has 0 unspecified atom stereocenters. The number of nitrogens with two attached hydrogens (primary N) is 1. The Morgan fingerprint density at radius 1 is 1.10 bits per heavy atom. The lowest BCUT2D eigenvalue weighted by atomic mass is 10.1. The molecule has 2 aromatic carbocycles. The van der Waals surface area contributed by atoms with Crippen LogP contribution in [0, 0.1) is 17.5 Å². The third-order valence-corrected chi connectivity index (χ3v) is 2.87. The maximum atomic E-state index is 13.7. The number of hydrogen-bond acceptors (Lipinski definition) is 2. The first kappa shape index (κ1) is 14.3. The Morgan fingerprint density at radius 2 is 1.85 bits per heavy atom. The van der Waals surface area contributed by atoms with Crippen LogP contribution in [-0.4, -0.2) is 4.99 Å². The van der Waals surface area contributed by atoms with Crippen molar-refractivity contribution >= 4 is 17.2 Å². The summed E-state index contributed by atoms with van der Waals surface area (Å²) in [5.74, 6) is -2.98. The zero-order chi connectivity index (χ0) is 14.7. The average molecular weight is 297 g/mol. The quantitative estimate of drug-likeness (QED) is 0.879. The summed E-state index contributed by atoms with van der Waals surface area (Å²) in [7, 11) is 0. The highest BCUT2D eigenvalue weighted by atomic mass is 32.1. The molecule has 104 valence electrons. The van der Waals surface area contributed by atoms with Crippen LogP contribution in [0.3, 0.4) is 0 Å². The monoisotopic (exact) mass is 297 g/mol. The molecule has 0 heterocycles. The minimum atomic E-state index is -1.10. The Kier molecular flexibility index (Phi) is 4.24. The van der Waals surface area contributed by atoms with E-state index in [1.807, 2.05) is 0 Å². The van der Waals surface area contributed by atoms with Gasteiger partial charge < -0.3 is 10.5 Å². The van der Waals surface area contributed by atoms with E-state index in [0.717, 1.165) is 6.07 Å². The van der Waals surface area contributed by atoms with E-state index in [0.29, 0.717) is 5.56 Å². The topological polar surface area (TPSA) is 35.2 Å². The van der Waals surface area contributed by atoms with E-state index in [9.17, 15) is 13.2 Å². The molecule has 0 saturated heterocycles. The van der Waals surface area contributed by atoms with E-state index < -0.39 is 17.5 Å². The standard InChI is InChI=1S/C14H10F3NOS/c15-10-2-1-3-12(13(10)17)19-7-9-5-4-8(14(18)20)6-11(9)16/h1-6H,7H2,(H2,18,20). The highest BCUT2D eigenvalue weighted by Gasteiger charge is 2.11. The normalized spacial score (nSPS) is 10.3. The fraction of sp³-hybridized carbons (Fsp3) is 0.0714. The van der Waals surface area contributed by atoms with Gasteiger partial charge in [-0.05, 0) is 18.2 Å². The second kappa shape index (κ2) is 5.92. The van der Waals surface area contributed by atoms with Gasteiger partial charge in [0.2, 0.25) is 5.82 Å². The molecule has 0 radical (unpaired) electrons. The number of hydrogen-bond donors (Lipinski definition) is 1. The van der Waals surface area contributed by atoms with Crippen LogP contribution in [0.25, 0.3) is 0 Å². The molecule has 2 N–H and O–H groups in total. The third-order valence-electron chi connectivity index (χ3n) is 2.64. The zero-order valence-corrected chi connectivity index (χ0v) is 11.0. The molecule has 0 saturated carbocycles. The van der Waals surface area contributed by atoms with Gasteiger partial charge in [0.25, 0.3) is 0 Å². The van der Waals surface area contributed by atoms with Gasteiger partial charge in [-0.15, -0.1) is 0 Å². The summed E-state index contributed by atoms with van der Waals surface area (Å²) in [6, 6.07) is 7.68. The van der Waals surface area contributed by atoms with E-state index >= 15 is 0 Å². The molecule has 0 fully saturated rings. The van der Waals surface area contributed by atoms with Crippen LogP contribution < -0.4 is 10.5 Å². The van der Waals surface area contributed by atoms with Gasteiger partial charge in [0.05, 0.1) is 0 Å². The predicted octanol–water partition coefficient (Wildman–Crippen LogP) is 3.32. The first-order valence-electron chi connectivity index (χ1n) is 5.64. The molecule has 0 aliphatic rings. The van der Waals surface area contributed by atoms with Crippen LogP contribution in [0.1, 0.15) is 11.1 Å². The minimum Gasteiger partial charge on any atom is -0.486 e. The Balaban J connectivity index is 2.15. The maximum absolute atomic E-state index is 13.7. The molecule has 0 bridgehead atoms. The van der Waals surface area contributed by atoms with Gasteiger partial charge in [-0.2, -0.15) is 4.39 Å². The van der Waals surface area contributed by atoms with E-state index in [4.69, 9.17) is 22.7 Å². The van der Waals surface area contributed by atoms with Crippen LogP contribution >= 0.6 is 12.2 Å². The molecule has 0 spiro atoms. The van der Waals surface area contributed by atoms with Crippen LogP contribution in [0.15, 0.2) is 36.4 Å². The van der Waals surface area contributed by atoms with Crippen molar-refractivity contribution in [3.63, 3.8) is 0 Å². The highest BCUT2D eigenvalue weighted by Crippen LogP contribution is 2.21. The molecule has 0 aliphatic heterocycles.